The lowest BCUT2D eigenvalue weighted by atomic mass is 9.64. The SMILES string of the molecule is COC1[C@H](OC(=O)/C=C/c2ccc(O)cc2)[C@H](O)[C@@H](O)C[C@]1(C(=O)O)c1ccccc1. The minimum Gasteiger partial charge on any atom is -0.508 e. The number of carbonyl (C=O) groups excluding carboxylic acids is 1. The van der Waals surface area contributed by atoms with Gasteiger partial charge < -0.3 is 29.9 Å². The molecule has 5 atom stereocenters. The average molecular weight is 428 g/mol. The zero-order chi connectivity index (χ0) is 22.6. The van der Waals surface area contributed by atoms with Crippen molar-refractivity contribution in [1.29, 1.82) is 0 Å². The largest absolute Gasteiger partial charge is 0.508 e. The molecule has 0 bridgehead atoms. The Morgan fingerprint density at radius 2 is 1.71 bits per heavy atom. The van der Waals surface area contributed by atoms with Crippen LogP contribution >= 0.6 is 0 Å². The van der Waals surface area contributed by atoms with Gasteiger partial charge in [0.15, 0.2) is 6.10 Å². The van der Waals surface area contributed by atoms with E-state index in [0.29, 0.717) is 11.1 Å². The van der Waals surface area contributed by atoms with E-state index in [0.717, 1.165) is 6.08 Å². The van der Waals surface area contributed by atoms with Crippen LogP contribution in [0.3, 0.4) is 0 Å². The number of aliphatic hydroxyl groups excluding tert-OH is 2. The normalized spacial score (nSPS) is 28.4. The van der Waals surface area contributed by atoms with Crippen LogP contribution in [0.25, 0.3) is 6.08 Å². The van der Waals surface area contributed by atoms with Crippen molar-refractivity contribution < 1.29 is 39.5 Å². The maximum atomic E-state index is 12.4. The molecule has 3 rings (SSSR count). The Kier molecular flexibility index (Phi) is 6.74. The third-order valence-corrected chi connectivity index (χ3v) is 5.53. The second-order valence-corrected chi connectivity index (χ2v) is 7.39. The first-order valence-corrected chi connectivity index (χ1v) is 9.65. The van der Waals surface area contributed by atoms with Crippen LogP contribution in [0.15, 0.2) is 60.7 Å². The summed E-state index contributed by atoms with van der Waals surface area (Å²) in [6.07, 6.45) is -3.44. The Hall–Kier alpha value is -3.20. The molecule has 2 aromatic carbocycles. The van der Waals surface area contributed by atoms with E-state index in [4.69, 9.17) is 9.47 Å². The molecule has 2 aromatic rings. The molecular weight excluding hydrogens is 404 g/mol. The van der Waals surface area contributed by atoms with Crippen LogP contribution in [0.4, 0.5) is 0 Å². The lowest BCUT2D eigenvalue weighted by Gasteiger charge is -2.47. The van der Waals surface area contributed by atoms with Gasteiger partial charge in [-0.2, -0.15) is 0 Å². The fourth-order valence-corrected chi connectivity index (χ4v) is 3.99. The molecule has 1 saturated carbocycles. The van der Waals surface area contributed by atoms with Crippen molar-refractivity contribution in [2.45, 2.75) is 36.3 Å². The number of carboxylic acids is 1. The summed E-state index contributed by atoms with van der Waals surface area (Å²) in [5.74, 6) is -2.04. The van der Waals surface area contributed by atoms with Crippen LogP contribution in [0.2, 0.25) is 0 Å². The Balaban J connectivity index is 1.91. The third kappa shape index (κ3) is 4.46. The summed E-state index contributed by atoms with van der Waals surface area (Å²) in [6.45, 7) is 0. The summed E-state index contributed by atoms with van der Waals surface area (Å²) in [4.78, 5) is 24.8. The van der Waals surface area contributed by atoms with E-state index >= 15 is 0 Å². The first-order valence-electron chi connectivity index (χ1n) is 9.65. The first kappa shape index (κ1) is 22.5. The van der Waals surface area contributed by atoms with Gasteiger partial charge in [-0.1, -0.05) is 42.5 Å². The van der Waals surface area contributed by atoms with E-state index in [-0.39, 0.29) is 12.2 Å². The predicted molar refractivity (Wildman–Crippen MR) is 110 cm³/mol. The molecule has 1 aliphatic rings. The molecule has 0 saturated heterocycles. The molecule has 0 spiro atoms. The third-order valence-electron chi connectivity index (χ3n) is 5.53. The van der Waals surface area contributed by atoms with E-state index in [1.54, 1.807) is 42.5 Å². The molecule has 1 aliphatic carbocycles. The molecule has 0 radical (unpaired) electrons. The number of ether oxygens (including phenoxy) is 2. The molecule has 8 nitrogen and oxygen atoms in total. The number of phenols is 1. The van der Waals surface area contributed by atoms with Gasteiger partial charge in [0.25, 0.3) is 0 Å². The zero-order valence-electron chi connectivity index (χ0n) is 16.8. The van der Waals surface area contributed by atoms with Gasteiger partial charge in [-0.3, -0.25) is 4.79 Å². The number of phenolic OH excluding ortho intramolecular Hbond substituents is 1. The topological polar surface area (TPSA) is 134 Å². The molecule has 4 N–H and O–H groups in total. The van der Waals surface area contributed by atoms with Crippen molar-refractivity contribution in [2.75, 3.05) is 7.11 Å². The molecule has 8 heteroatoms. The lowest BCUT2D eigenvalue weighted by molar-refractivity contribution is -0.206. The highest BCUT2D eigenvalue weighted by molar-refractivity contribution is 5.87. The van der Waals surface area contributed by atoms with Crippen LogP contribution in [0, 0.1) is 0 Å². The number of methoxy groups -OCH3 is 1. The van der Waals surface area contributed by atoms with Crippen molar-refractivity contribution >= 4 is 18.0 Å². The molecule has 31 heavy (non-hydrogen) atoms. The highest BCUT2D eigenvalue weighted by atomic mass is 16.6. The second kappa shape index (κ2) is 9.30. The van der Waals surface area contributed by atoms with E-state index < -0.39 is 41.8 Å². The van der Waals surface area contributed by atoms with E-state index in [1.165, 1.54) is 25.3 Å². The lowest BCUT2D eigenvalue weighted by Crippen LogP contribution is -2.65. The molecule has 0 heterocycles. The van der Waals surface area contributed by atoms with Crippen molar-refractivity contribution in [3.8, 4) is 5.75 Å². The van der Waals surface area contributed by atoms with Crippen LogP contribution in [0.1, 0.15) is 17.5 Å². The summed E-state index contributed by atoms with van der Waals surface area (Å²) in [5.41, 5.74) is -0.757. The van der Waals surface area contributed by atoms with Gasteiger partial charge in [-0.25, -0.2) is 4.79 Å². The monoisotopic (exact) mass is 428 g/mol. The Labute approximate surface area is 179 Å². The number of hydrogen-bond donors (Lipinski definition) is 4. The predicted octanol–water partition coefficient (Wildman–Crippen LogP) is 1.48. The Morgan fingerprint density at radius 3 is 2.29 bits per heavy atom. The number of aliphatic carboxylic acids is 1. The molecule has 0 aromatic heterocycles. The number of rotatable bonds is 6. The maximum absolute atomic E-state index is 12.4. The Bertz CT molecular complexity index is 940. The average Bonchev–Trinajstić information content (AvgIpc) is 2.76. The smallest absolute Gasteiger partial charge is 0.331 e. The molecule has 1 fully saturated rings. The molecular formula is C23H24O8. The summed E-state index contributed by atoms with van der Waals surface area (Å²) >= 11 is 0. The fraction of sp³-hybridized carbons (Fsp3) is 0.304. The standard InChI is InChI=1S/C23H24O8/c1-30-21-20(31-18(26)12-9-14-7-10-16(24)11-8-14)19(27)17(25)13-23(21,22(28)29)15-5-3-2-4-6-15/h2-12,17,19-21,24-25,27H,13H2,1H3,(H,28,29)/b12-9+/t17-,19+,20+,21?,23-/m0/s1. The van der Waals surface area contributed by atoms with Crippen molar-refractivity contribution in [1.82, 2.24) is 0 Å². The van der Waals surface area contributed by atoms with Crippen LogP contribution in [0.5, 0.6) is 5.75 Å². The minimum atomic E-state index is -1.74. The Morgan fingerprint density at radius 1 is 1.06 bits per heavy atom. The summed E-state index contributed by atoms with van der Waals surface area (Å²) < 4.78 is 10.8. The number of carbonyl (C=O) groups is 2. The van der Waals surface area contributed by atoms with E-state index in [1.807, 2.05) is 0 Å². The summed E-state index contributed by atoms with van der Waals surface area (Å²) in [5, 5.41) is 40.4. The number of aliphatic hydroxyl groups is 2. The van der Waals surface area contributed by atoms with Crippen LogP contribution in [-0.4, -0.2) is 63.9 Å². The minimum absolute atomic E-state index is 0.0768. The summed E-state index contributed by atoms with van der Waals surface area (Å²) in [6, 6.07) is 14.3. The van der Waals surface area contributed by atoms with Gasteiger partial charge in [-0.05, 0) is 35.8 Å². The number of benzene rings is 2. The van der Waals surface area contributed by atoms with Gasteiger partial charge in [-0.15, -0.1) is 0 Å². The first-order chi connectivity index (χ1) is 14.8. The van der Waals surface area contributed by atoms with Crippen LogP contribution < -0.4 is 0 Å². The molecule has 0 amide bonds. The summed E-state index contributed by atoms with van der Waals surface area (Å²) in [7, 11) is 1.27. The van der Waals surface area contributed by atoms with Crippen molar-refractivity contribution in [3.05, 3.63) is 71.8 Å². The van der Waals surface area contributed by atoms with Gasteiger partial charge in [0.1, 0.15) is 23.4 Å². The number of carboxylic acid groups (broad SMARTS) is 1. The van der Waals surface area contributed by atoms with E-state index in [2.05, 4.69) is 0 Å². The van der Waals surface area contributed by atoms with Gasteiger partial charge in [0.2, 0.25) is 0 Å². The highest BCUT2D eigenvalue weighted by Crippen LogP contribution is 2.43. The van der Waals surface area contributed by atoms with Gasteiger partial charge in [0, 0.05) is 13.2 Å². The maximum Gasteiger partial charge on any atom is 0.331 e. The second-order valence-electron chi connectivity index (χ2n) is 7.39. The number of esters is 1. The van der Waals surface area contributed by atoms with Gasteiger partial charge >= 0.3 is 11.9 Å². The number of hydrogen-bond acceptors (Lipinski definition) is 7. The molecule has 164 valence electrons. The van der Waals surface area contributed by atoms with E-state index in [9.17, 15) is 30.0 Å². The van der Waals surface area contributed by atoms with Crippen molar-refractivity contribution in [2.24, 2.45) is 0 Å². The fourth-order valence-electron chi connectivity index (χ4n) is 3.99. The van der Waals surface area contributed by atoms with Crippen molar-refractivity contribution in [3.63, 3.8) is 0 Å². The highest BCUT2D eigenvalue weighted by Gasteiger charge is 2.60. The molecule has 1 unspecified atom stereocenters. The number of aromatic hydroxyl groups is 1. The molecule has 0 aliphatic heterocycles. The van der Waals surface area contributed by atoms with Crippen LogP contribution in [-0.2, 0) is 24.5 Å². The van der Waals surface area contributed by atoms with Gasteiger partial charge in [0.05, 0.1) is 6.10 Å². The quantitative estimate of drug-likeness (QED) is 0.402. The zero-order valence-corrected chi connectivity index (χ0v) is 16.8.